The van der Waals surface area contributed by atoms with Crippen LogP contribution < -0.4 is 5.32 Å². The van der Waals surface area contributed by atoms with Gasteiger partial charge in [0.1, 0.15) is 0 Å². The van der Waals surface area contributed by atoms with E-state index in [4.69, 9.17) is 0 Å². The predicted molar refractivity (Wildman–Crippen MR) is 55.8 cm³/mol. The lowest BCUT2D eigenvalue weighted by Crippen LogP contribution is -2.33. The van der Waals surface area contributed by atoms with Crippen molar-refractivity contribution in [3.05, 3.63) is 35.9 Å². The molecule has 1 heterocycles. The second kappa shape index (κ2) is 3.93. The maximum Gasteiger partial charge on any atom is 0.00203 e. The van der Waals surface area contributed by atoms with Crippen molar-refractivity contribution in [3.63, 3.8) is 0 Å². The zero-order valence-corrected chi connectivity index (χ0v) is 8.16. The molecule has 1 fully saturated rings. The third-order valence-electron chi connectivity index (χ3n) is 2.84. The third-order valence-corrected chi connectivity index (χ3v) is 2.84. The van der Waals surface area contributed by atoms with Crippen LogP contribution >= 0.6 is 0 Å². The first-order chi connectivity index (χ1) is 6.36. The van der Waals surface area contributed by atoms with Gasteiger partial charge in [-0.3, -0.25) is 0 Å². The van der Waals surface area contributed by atoms with E-state index in [0.29, 0.717) is 0 Å². The minimum absolute atomic E-state index is 0.727. The van der Waals surface area contributed by atoms with Gasteiger partial charge in [0, 0.05) is 6.54 Å². The molecule has 0 radical (unpaired) electrons. The zero-order chi connectivity index (χ0) is 9.10. The largest absolute Gasteiger partial charge is 0.316 e. The number of nitrogens with one attached hydrogen (secondary N) is 1. The summed E-state index contributed by atoms with van der Waals surface area (Å²) in [7, 11) is 0. The second-order valence-corrected chi connectivity index (χ2v) is 4.11. The SMILES string of the molecule is C[C@H]1CNC[C@H](c2ccccc2)C1. The Morgan fingerprint density at radius 3 is 2.62 bits per heavy atom. The Bertz CT molecular complexity index is 255. The van der Waals surface area contributed by atoms with E-state index >= 15 is 0 Å². The maximum atomic E-state index is 3.48. The highest BCUT2D eigenvalue weighted by Crippen LogP contribution is 2.25. The van der Waals surface area contributed by atoms with Crippen LogP contribution in [0.4, 0.5) is 0 Å². The summed E-state index contributed by atoms with van der Waals surface area (Å²) in [6.07, 6.45) is 1.33. The molecular formula is C12H17N. The predicted octanol–water partition coefficient (Wildman–Crippen LogP) is 2.40. The molecule has 0 saturated carbocycles. The summed E-state index contributed by atoms with van der Waals surface area (Å²) in [5.41, 5.74) is 1.49. The van der Waals surface area contributed by atoms with Crippen molar-refractivity contribution < 1.29 is 0 Å². The van der Waals surface area contributed by atoms with Crippen molar-refractivity contribution in [1.82, 2.24) is 5.32 Å². The molecule has 13 heavy (non-hydrogen) atoms. The summed E-state index contributed by atoms with van der Waals surface area (Å²) >= 11 is 0. The normalized spacial score (nSPS) is 28.7. The van der Waals surface area contributed by atoms with E-state index in [0.717, 1.165) is 18.4 Å². The molecule has 0 spiro atoms. The summed E-state index contributed by atoms with van der Waals surface area (Å²) < 4.78 is 0. The molecule has 0 unspecified atom stereocenters. The van der Waals surface area contributed by atoms with Gasteiger partial charge in [-0.2, -0.15) is 0 Å². The highest BCUT2D eigenvalue weighted by Gasteiger charge is 2.19. The van der Waals surface area contributed by atoms with Gasteiger partial charge in [0.2, 0.25) is 0 Å². The Morgan fingerprint density at radius 2 is 1.92 bits per heavy atom. The molecule has 1 heteroatoms. The van der Waals surface area contributed by atoms with Gasteiger partial charge in [0.15, 0.2) is 0 Å². The molecule has 0 amide bonds. The second-order valence-electron chi connectivity index (χ2n) is 4.11. The monoisotopic (exact) mass is 175 g/mol. The standard InChI is InChI=1S/C12H17N/c1-10-7-12(9-13-8-10)11-5-3-2-4-6-11/h2-6,10,12-13H,7-9H2,1H3/t10-,12-/m1/s1. The number of hydrogen-bond acceptors (Lipinski definition) is 1. The van der Waals surface area contributed by atoms with Crippen LogP contribution in [0.2, 0.25) is 0 Å². The van der Waals surface area contributed by atoms with Crippen LogP contribution in [-0.2, 0) is 0 Å². The Balaban J connectivity index is 2.08. The Morgan fingerprint density at radius 1 is 1.15 bits per heavy atom. The lowest BCUT2D eigenvalue weighted by atomic mass is 9.87. The minimum Gasteiger partial charge on any atom is -0.316 e. The average molecular weight is 175 g/mol. The van der Waals surface area contributed by atoms with Gasteiger partial charge in [-0.05, 0) is 30.4 Å². The number of benzene rings is 1. The Kier molecular flexibility index (Phi) is 2.65. The Labute approximate surface area is 80.2 Å². The summed E-state index contributed by atoms with van der Waals surface area (Å²) in [5, 5.41) is 3.48. The number of piperidine rings is 1. The molecule has 70 valence electrons. The molecular weight excluding hydrogens is 158 g/mol. The first-order valence-corrected chi connectivity index (χ1v) is 5.12. The van der Waals surface area contributed by atoms with Crippen LogP contribution in [0.15, 0.2) is 30.3 Å². The van der Waals surface area contributed by atoms with Gasteiger partial charge < -0.3 is 5.32 Å². The molecule has 1 saturated heterocycles. The molecule has 1 N–H and O–H groups in total. The van der Waals surface area contributed by atoms with Gasteiger partial charge in [-0.15, -0.1) is 0 Å². The van der Waals surface area contributed by atoms with Gasteiger partial charge in [0.25, 0.3) is 0 Å². The van der Waals surface area contributed by atoms with Crippen molar-refractivity contribution in [1.29, 1.82) is 0 Å². The Hall–Kier alpha value is -0.820. The van der Waals surface area contributed by atoms with Crippen LogP contribution in [-0.4, -0.2) is 13.1 Å². The average Bonchev–Trinajstić information content (AvgIpc) is 2.19. The topological polar surface area (TPSA) is 12.0 Å². The maximum absolute atomic E-state index is 3.48. The van der Waals surface area contributed by atoms with Crippen molar-refractivity contribution >= 4 is 0 Å². The van der Waals surface area contributed by atoms with Crippen molar-refractivity contribution in [2.45, 2.75) is 19.3 Å². The van der Waals surface area contributed by atoms with Crippen LogP contribution in [0.3, 0.4) is 0 Å². The third kappa shape index (κ3) is 2.10. The number of rotatable bonds is 1. The minimum atomic E-state index is 0.727. The molecule has 1 aliphatic rings. The van der Waals surface area contributed by atoms with E-state index in [1.807, 2.05) is 0 Å². The van der Waals surface area contributed by atoms with Crippen molar-refractivity contribution in [2.75, 3.05) is 13.1 Å². The first-order valence-electron chi connectivity index (χ1n) is 5.12. The fraction of sp³-hybridized carbons (Fsp3) is 0.500. The fourth-order valence-corrected chi connectivity index (χ4v) is 2.14. The molecule has 1 aromatic carbocycles. The summed E-state index contributed by atoms with van der Waals surface area (Å²) in [6, 6.07) is 10.8. The van der Waals surface area contributed by atoms with E-state index in [1.165, 1.54) is 18.5 Å². The lowest BCUT2D eigenvalue weighted by Gasteiger charge is -2.27. The zero-order valence-electron chi connectivity index (χ0n) is 8.16. The number of hydrogen-bond donors (Lipinski definition) is 1. The summed E-state index contributed by atoms with van der Waals surface area (Å²) in [4.78, 5) is 0. The molecule has 1 nitrogen and oxygen atoms in total. The highest BCUT2D eigenvalue weighted by atomic mass is 14.9. The van der Waals surface area contributed by atoms with Crippen molar-refractivity contribution in [2.24, 2.45) is 5.92 Å². The smallest absolute Gasteiger partial charge is 0.00203 e. The van der Waals surface area contributed by atoms with Crippen molar-refractivity contribution in [3.8, 4) is 0 Å². The molecule has 0 bridgehead atoms. The lowest BCUT2D eigenvalue weighted by molar-refractivity contribution is 0.364. The highest BCUT2D eigenvalue weighted by molar-refractivity contribution is 5.20. The molecule has 0 aromatic heterocycles. The molecule has 2 rings (SSSR count). The van der Waals surface area contributed by atoms with Crippen LogP contribution in [0.1, 0.15) is 24.8 Å². The molecule has 1 aromatic rings. The van der Waals surface area contributed by atoms with E-state index < -0.39 is 0 Å². The fourth-order valence-electron chi connectivity index (χ4n) is 2.14. The molecule has 0 aliphatic carbocycles. The van der Waals surface area contributed by atoms with Gasteiger partial charge in [-0.1, -0.05) is 37.3 Å². The van der Waals surface area contributed by atoms with Crippen LogP contribution in [0.25, 0.3) is 0 Å². The van der Waals surface area contributed by atoms with Gasteiger partial charge in [0.05, 0.1) is 0 Å². The van der Waals surface area contributed by atoms with Crippen LogP contribution in [0, 0.1) is 5.92 Å². The quantitative estimate of drug-likeness (QED) is 0.691. The summed E-state index contributed by atoms with van der Waals surface area (Å²) in [6.45, 7) is 4.65. The first kappa shape index (κ1) is 8.76. The van der Waals surface area contributed by atoms with Gasteiger partial charge in [-0.25, -0.2) is 0 Å². The van der Waals surface area contributed by atoms with E-state index in [9.17, 15) is 0 Å². The van der Waals surface area contributed by atoms with Gasteiger partial charge >= 0.3 is 0 Å². The molecule has 2 atom stereocenters. The van der Waals surface area contributed by atoms with E-state index in [2.05, 4.69) is 42.6 Å². The van der Waals surface area contributed by atoms with E-state index in [-0.39, 0.29) is 0 Å². The van der Waals surface area contributed by atoms with E-state index in [1.54, 1.807) is 0 Å². The molecule has 1 aliphatic heterocycles. The van der Waals surface area contributed by atoms with Crippen LogP contribution in [0.5, 0.6) is 0 Å². The summed E-state index contributed by atoms with van der Waals surface area (Å²) in [5.74, 6) is 1.55.